The summed E-state index contributed by atoms with van der Waals surface area (Å²) < 4.78 is 0. The molecule has 0 saturated heterocycles. The maximum absolute atomic E-state index is 4.75. The van der Waals surface area contributed by atoms with Crippen molar-refractivity contribution in [1.29, 1.82) is 0 Å². The van der Waals surface area contributed by atoms with E-state index in [1.165, 1.54) is 25.7 Å². The van der Waals surface area contributed by atoms with Gasteiger partial charge in [0, 0.05) is 0 Å². The first kappa shape index (κ1) is 13.1. The molecule has 0 spiro atoms. The van der Waals surface area contributed by atoms with Crippen molar-refractivity contribution < 1.29 is 0 Å². The first-order valence-corrected chi connectivity index (χ1v) is 7.26. The smallest absolute Gasteiger partial charge is 0.0183 e. The zero-order valence-corrected chi connectivity index (χ0v) is 12.2. The second-order valence-corrected chi connectivity index (χ2v) is 6.76. The third-order valence-electron chi connectivity index (χ3n) is 5.44. The summed E-state index contributed by atoms with van der Waals surface area (Å²) in [6.45, 7) is 9.48. The maximum Gasteiger partial charge on any atom is -0.0183 e. The molecular formula is C16H28N-. The molecule has 4 atom stereocenters. The largest absolute Gasteiger partial charge is 0.659 e. The Morgan fingerprint density at radius 1 is 1.35 bits per heavy atom. The first-order valence-electron chi connectivity index (χ1n) is 7.26. The summed E-state index contributed by atoms with van der Waals surface area (Å²) in [5, 5.41) is 4.75. The molecule has 0 aromatic heterocycles. The Hall–Kier alpha value is -0.300. The highest BCUT2D eigenvalue weighted by Crippen LogP contribution is 2.52. The van der Waals surface area contributed by atoms with E-state index < -0.39 is 0 Å². The fourth-order valence-corrected chi connectivity index (χ4v) is 4.14. The lowest BCUT2D eigenvalue weighted by Gasteiger charge is -2.58. The van der Waals surface area contributed by atoms with Gasteiger partial charge in [-0.25, -0.2) is 0 Å². The van der Waals surface area contributed by atoms with Crippen LogP contribution in [-0.4, -0.2) is 12.6 Å². The van der Waals surface area contributed by atoms with Crippen LogP contribution in [0.15, 0.2) is 11.6 Å². The second-order valence-electron chi connectivity index (χ2n) is 6.76. The van der Waals surface area contributed by atoms with Crippen LogP contribution in [0, 0.1) is 23.7 Å². The molecule has 1 heteroatoms. The Labute approximate surface area is 107 Å². The van der Waals surface area contributed by atoms with E-state index in [4.69, 9.17) is 5.32 Å². The number of nitrogens with zero attached hydrogens (tertiary/aromatic N) is 1. The maximum atomic E-state index is 4.75. The summed E-state index contributed by atoms with van der Waals surface area (Å²) >= 11 is 0. The minimum absolute atomic E-state index is 0.243. The standard InChI is InChI=1S/C16H28N/c1-11(2)13-8-9-16(4,17-5)15-7-6-12(3)10-14(13)15/h10-11,13-15H,6-9H2,1-5H3/q-1/t13-,14-,15+,16+/m1/s1. The van der Waals surface area contributed by atoms with Crippen molar-refractivity contribution in [1.82, 2.24) is 0 Å². The molecule has 1 nitrogen and oxygen atoms in total. The summed E-state index contributed by atoms with van der Waals surface area (Å²) in [6.07, 6.45) is 7.87. The molecule has 0 heterocycles. The van der Waals surface area contributed by atoms with E-state index in [1.807, 2.05) is 7.05 Å². The van der Waals surface area contributed by atoms with Crippen LogP contribution in [0.2, 0.25) is 0 Å². The van der Waals surface area contributed by atoms with Gasteiger partial charge in [0.15, 0.2) is 0 Å². The Morgan fingerprint density at radius 3 is 2.65 bits per heavy atom. The molecule has 0 unspecified atom stereocenters. The van der Waals surface area contributed by atoms with Gasteiger partial charge < -0.3 is 5.32 Å². The SMILES string of the molecule is C[N-][C@@]1(C)CC[C@H](C(C)C)[C@H]2C=C(C)CC[C@@H]21. The summed E-state index contributed by atoms with van der Waals surface area (Å²) in [7, 11) is 2.03. The zero-order chi connectivity index (χ0) is 12.6. The molecule has 0 N–H and O–H groups in total. The van der Waals surface area contributed by atoms with Gasteiger partial charge in [-0.15, -0.1) is 5.54 Å². The summed E-state index contributed by atoms with van der Waals surface area (Å²) in [5.41, 5.74) is 1.85. The average Bonchev–Trinajstić information content (AvgIpc) is 2.28. The predicted octanol–water partition coefficient (Wildman–Crippen LogP) is 4.79. The van der Waals surface area contributed by atoms with Crippen molar-refractivity contribution in [2.45, 2.75) is 58.9 Å². The molecule has 1 saturated carbocycles. The van der Waals surface area contributed by atoms with E-state index in [9.17, 15) is 0 Å². The van der Waals surface area contributed by atoms with Crippen LogP contribution in [0.25, 0.3) is 5.32 Å². The number of fused-ring (bicyclic) bond motifs is 1. The molecule has 2 aliphatic rings. The summed E-state index contributed by atoms with van der Waals surface area (Å²) in [4.78, 5) is 0. The van der Waals surface area contributed by atoms with Gasteiger partial charge in [0.2, 0.25) is 0 Å². The van der Waals surface area contributed by atoms with Gasteiger partial charge in [0.05, 0.1) is 0 Å². The van der Waals surface area contributed by atoms with Crippen molar-refractivity contribution >= 4 is 0 Å². The normalized spacial score (nSPS) is 42.2. The highest BCUT2D eigenvalue weighted by molar-refractivity contribution is 5.19. The van der Waals surface area contributed by atoms with E-state index in [0.29, 0.717) is 0 Å². The minimum Gasteiger partial charge on any atom is -0.659 e. The van der Waals surface area contributed by atoms with Crippen LogP contribution in [0.4, 0.5) is 0 Å². The lowest BCUT2D eigenvalue weighted by Crippen LogP contribution is -2.47. The predicted molar refractivity (Wildman–Crippen MR) is 75.2 cm³/mol. The zero-order valence-electron chi connectivity index (χ0n) is 12.2. The van der Waals surface area contributed by atoms with Gasteiger partial charge in [-0.1, -0.05) is 45.3 Å². The molecule has 2 aliphatic carbocycles. The van der Waals surface area contributed by atoms with Gasteiger partial charge in [-0.3, -0.25) is 0 Å². The van der Waals surface area contributed by atoms with E-state index in [2.05, 4.69) is 33.8 Å². The Bertz CT molecular complexity index is 305. The van der Waals surface area contributed by atoms with E-state index >= 15 is 0 Å². The van der Waals surface area contributed by atoms with Gasteiger partial charge in [-0.2, -0.15) is 7.05 Å². The van der Waals surface area contributed by atoms with Crippen molar-refractivity contribution in [2.75, 3.05) is 7.05 Å². The third-order valence-corrected chi connectivity index (χ3v) is 5.44. The molecule has 98 valence electrons. The van der Waals surface area contributed by atoms with Gasteiger partial charge in [-0.05, 0) is 43.4 Å². The van der Waals surface area contributed by atoms with E-state index in [0.717, 1.165) is 23.7 Å². The van der Waals surface area contributed by atoms with Gasteiger partial charge in [0.25, 0.3) is 0 Å². The van der Waals surface area contributed by atoms with Crippen LogP contribution >= 0.6 is 0 Å². The lowest BCUT2D eigenvalue weighted by molar-refractivity contribution is 0.0823. The monoisotopic (exact) mass is 234 g/mol. The Morgan fingerprint density at radius 2 is 2.06 bits per heavy atom. The summed E-state index contributed by atoms with van der Waals surface area (Å²) in [6, 6.07) is 0. The van der Waals surface area contributed by atoms with Crippen molar-refractivity contribution in [2.24, 2.45) is 23.7 Å². The third kappa shape index (κ3) is 2.31. The van der Waals surface area contributed by atoms with E-state index in [-0.39, 0.29) is 5.54 Å². The summed E-state index contributed by atoms with van der Waals surface area (Å²) in [5.74, 6) is 3.26. The fraction of sp³-hybridized carbons (Fsp3) is 0.875. The molecule has 0 aromatic rings. The highest BCUT2D eigenvalue weighted by Gasteiger charge is 2.41. The Balaban J connectivity index is 2.29. The average molecular weight is 234 g/mol. The van der Waals surface area contributed by atoms with Gasteiger partial charge in [0.1, 0.15) is 0 Å². The first-order chi connectivity index (χ1) is 7.98. The fourth-order valence-electron chi connectivity index (χ4n) is 4.14. The van der Waals surface area contributed by atoms with Crippen LogP contribution in [0.3, 0.4) is 0 Å². The quantitative estimate of drug-likeness (QED) is 0.610. The van der Waals surface area contributed by atoms with Gasteiger partial charge >= 0.3 is 0 Å². The van der Waals surface area contributed by atoms with Crippen LogP contribution < -0.4 is 0 Å². The van der Waals surface area contributed by atoms with Crippen molar-refractivity contribution in [3.05, 3.63) is 17.0 Å². The molecule has 2 rings (SSSR count). The molecule has 1 fully saturated rings. The van der Waals surface area contributed by atoms with Crippen LogP contribution in [-0.2, 0) is 0 Å². The highest BCUT2D eigenvalue weighted by atomic mass is 14.9. The van der Waals surface area contributed by atoms with Crippen LogP contribution in [0.1, 0.15) is 53.4 Å². The molecule has 17 heavy (non-hydrogen) atoms. The van der Waals surface area contributed by atoms with Crippen molar-refractivity contribution in [3.8, 4) is 0 Å². The molecule has 0 bridgehead atoms. The van der Waals surface area contributed by atoms with E-state index in [1.54, 1.807) is 5.57 Å². The molecule has 0 aliphatic heterocycles. The second kappa shape index (κ2) is 4.76. The van der Waals surface area contributed by atoms with Crippen LogP contribution in [0.5, 0.6) is 0 Å². The molecule has 0 aromatic carbocycles. The molecule has 0 radical (unpaired) electrons. The topological polar surface area (TPSA) is 14.1 Å². The lowest BCUT2D eigenvalue weighted by atomic mass is 9.57. The number of rotatable bonds is 2. The number of hydrogen-bond donors (Lipinski definition) is 0. The molecular weight excluding hydrogens is 206 g/mol. The minimum atomic E-state index is 0.243. The van der Waals surface area contributed by atoms with Crippen molar-refractivity contribution in [3.63, 3.8) is 0 Å². The number of allylic oxidation sites excluding steroid dienone is 2. The number of hydrogen-bond acceptors (Lipinski definition) is 0. The molecule has 0 amide bonds. The Kier molecular flexibility index (Phi) is 3.68.